The van der Waals surface area contributed by atoms with Crippen LogP contribution in [-0.4, -0.2) is 20.1 Å². The first-order valence-corrected chi connectivity index (χ1v) is 5.39. The van der Waals surface area contributed by atoms with Gasteiger partial charge in [-0.05, 0) is 37.5 Å². The van der Waals surface area contributed by atoms with E-state index in [0.717, 1.165) is 13.1 Å². The quantitative estimate of drug-likeness (QED) is 0.770. The molecule has 0 unspecified atom stereocenters. The van der Waals surface area contributed by atoms with Gasteiger partial charge in [0.15, 0.2) is 0 Å². The Labute approximate surface area is 85.9 Å². The first kappa shape index (κ1) is 9.38. The maximum absolute atomic E-state index is 3.46. The van der Waals surface area contributed by atoms with Crippen molar-refractivity contribution in [2.45, 2.75) is 19.8 Å². The second-order valence-corrected chi connectivity index (χ2v) is 3.89. The molecule has 0 spiro atoms. The van der Waals surface area contributed by atoms with Crippen molar-refractivity contribution in [3.05, 3.63) is 23.8 Å². The highest BCUT2D eigenvalue weighted by atomic mass is 15.1. The normalized spacial score (nSPS) is 14.4. The van der Waals surface area contributed by atoms with Crippen LogP contribution in [0.25, 0.3) is 0 Å². The van der Waals surface area contributed by atoms with Gasteiger partial charge in [0.05, 0.1) is 0 Å². The minimum absolute atomic E-state index is 1.05. The third-order valence-corrected chi connectivity index (χ3v) is 2.95. The highest BCUT2D eigenvalue weighted by Crippen LogP contribution is 2.26. The van der Waals surface area contributed by atoms with E-state index >= 15 is 0 Å². The molecule has 1 aliphatic heterocycles. The number of fused-ring (bicyclic) bond motifs is 1. The molecular weight excluding hydrogens is 172 g/mol. The van der Waals surface area contributed by atoms with Gasteiger partial charge in [-0.25, -0.2) is 0 Å². The summed E-state index contributed by atoms with van der Waals surface area (Å²) in [6, 6.07) is 6.73. The molecule has 0 bridgehead atoms. The summed E-state index contributed by atoms with van der Waals surface area (Å²) in [5.41, 5.74) is 4.10. The van der Waals surface area contributed by atoms with E-state index in [1.807, 2.05) is 0 Å². The maximum atomic E-state index is 3.46. The van der Waals surface area contributed by atoms with E-state index in [4.69, 9.17) is 0 Å². The molecule has 1 aromatic carbocycles. The first-order chi connectivity index (χ1) is 6.81. The summed E-state index contributed by atoms with van der Waals surface area (Å²) in [5, 5.41) is 3.46. The summed E-state index contributed by atoms with van der Waals surface area (Å²) in [7, 11) is 2.13. The van der Waals surface area contributed by atoms with E-state index < -0.39 is 0 Å². The molecule has 14 heavy (non-hydrogen) atoms. The van der Waals surface area contributed by atoms with Gasteiger partial charge in [0, 0.05) is 31.5 Å². The minimum atomic E-state index is 1.05. The molecule has 2 rings (SSSR count). The van der Waals surface area contributed by atoms with E-state index in [-0.39, 0.29) is 0 Å². The van der Waals surface area contributed by atoms with Gasteiger partial charge in [-0.3, -0.25) is 0 Å². The van der Waals surface area contributed by atoms with Gasteiger partial charge in [-0.2, -0.15) is 0 Å². The van der Waals surface area contributed by atoms with Gasteiger partial charge >= 0.3 is 0 Å². The molecule has 2 nitrogen and oxygen atoms in total. The van der Waals surface area contributed by atoms with Gasteiger partial charge in [-0.15, -0.1) is 0 Å². The SMILES string of the molecule is CCN(C)c1ccc2c(c1)NCCC2. The van der Waals surface area contributed by atoms with Crippen LogP contribution in [0, 0.1) is 0 Å². The molecule has 1 N–H and O–H groups in total. The molecule has 0 aliphatic carbocycles. The fraction of sp³-hybridized carbons (Fsp3) is 0.500. The van der Waals surface area contributed by atoms with Gasteiger partial charge in [-0.1, -0.05) is 6.07 Å². The number of hydrogen-bond acceptors (Lipinski definition) is 2. The molecule has 0 atom stereocenters. The Bertz CT molecular complexity index is 320. The summed E-state index contributed by atoms with van der Waals surface area (Å²) < 4.78 is 0. The number of hydrogen-bond donors (Lipinski definition) is 1. The van der Waals surface area contributed by atoms with E-state index in [0.29, 0.717) is 0 Å². The van der Waals surface area contributed by atoms with Crippen molar-refractivity contribution >= 4 is 11.4 Å². The molecule has 0 saturated carbocycles. The second-order valence-electron chi connectivity index (χ2n) is 3.89. The predicted molar refractivity (Wildman–Crippen MR) is 62.2 cm³/mol. The molecule has 0 aromatic heterocycles. The van der Waals surface area contributed by atoms with Crippen molar-refractivity contribution in [3.8, 4) is 0 Å². The topological polar surface area (TPSA) is 15.3 Å². The zero-order valence-corrected chi connectivity index (χ0v) is 9.01. The molecular formula is C12H18N2. The van der Waals surface area contributed by atoms with Crippen molar-refractivity contribution in [2.75, 3.05) is 30.4 Å². The zero-order chi connectivity index (χ0) is 9.97. The Morgan fingerprint density at radius 1 is 1.43 bits per heavy atom. The number of aryl methyl sites for hydroxylation is 1. The molecule has 0 saturated heterocycles. The number of rotatable bonds is 2. The number of benzene rings is 1. The standard InChI is InChI=1S/C12H18N2/c1-3-14(2)11-7-6-10-5-4-8-13-12(10)9-11/h6-7,9,13H,3-5,8H2,1-2H3. The second kappa shape index (κ2) is 3.91. The Hall–Kier alpha value is -1.18. The van der Waals surface area contributed by atoms with Crippen molar-refractivity contribution in [2.24, 2.45) is 0 Å². The summed E-state index contributed by atoms with van der Waals surface area (Å²) in [6.07, 6.45) is 2.48. The zero-order valence-electron chi connectivity index (χ0n) is 9.01. The summed E-state index contributed by atoms with van der Waals surface area (Å²) in [4.78, 5) is 2.26. The molecule has 0 amide bonds. The maximum Gasteiger partial charge on any atom is 0.0393 e. The van der Waals surface area contributed by atoms with Crippen LogP contribution in [0.2, 0.25) is 0 Å². The van der Waals surface area contributed by atoms with Crippen LogP contribution in [0.3, 0.4) is 0 Å². The fourth-order valence-electron chi connectivity index (χ4n) is 1.87. The van der Waals surface area contributed by atoms with Crippen LogP contribution in [0.1, 0.15) is 18.9 Å². The van der Waals surface area contributed by atoms with Crippen LogP contribution >= 0.6 is 0 Å². The Morgan fingerprint density at radius 3 is 3.07 bits per heavy atom. The van der Waals surface area contributed by atoms with Crippen molar-refractivity contribution in [1.82, 2.24) is 0 Å². The average Bonchev–Trinajstić information content (AvgIpc) is 2.27. The van der Waals surface area contributed by atoms with Crippen LogP contribution < -0.4 is 10.2 Å². The van der Waals surface area contributed by atoms with Crippen molar-refractivity contribution < 1.29 is 0 Å². The van der Waals surface area contributed by atoms with Crippen molar-refractivity contribution in [1.29, 1.82) is 0 Å². The van der Waals surface area contributed by atoms with E-state index in [2.05, 4.69) is 42.4 Å². The van der Waals surface area contributed by atoms with Gasteiger partial charge in [0.1, 0.15) is 0 Å². The van der Waals surface area contributed by atoms with Crippen LogP contribution in [0.4, 0.5) is 11.4 Å². The van der Waals surface area contributed by atoms with Crippen LogP contribution in [0.15, 0.2) is 18.2 Å². The molecule has 1 aliphatic rings. The highest BCUT2D eigenvalue weighted by Gasteiger charge is 2.09. The molecule has 76 valence electrons. The van der Waals surface area contributed by atoms with Crippen LogP contribution in [-0.2, 0) is 6.42 Å². The Kier molecular flexibility index (Phi) is 2.62. The van der Waals surface area contributed by atoms with E-state index in [9.17, 15) is 0 Å². The molecule has 0 radical (unpaired) electrons. The lowest BCUT2D eigenvalue weighted by Gasteiger charge is -2.22. The molecule has 1 heterocycles. The fourth-order valence-corrected chi connectivity index (χ4v) is 1.87. The monoisotopic (exact) mass is 190 g/mol. The summed E-state index contributed by atoms with van der Waals surface area (Å²) in [6.45, 7) is 4.35. The van der Waals surface area contributed by atoms with Gasteiger partial charge in [0.2, 0.25) is 0 Å². The third kappa shape index (κ3) is 1.69. The number of anilines is 2. The lowest BCUT2D eigenvalue weighted by atomic mass is 10.0. The van der Waals surface area contributed by atoms with E-state index in [1.54, 1.807) is 0 Å². The molecule has 2 heteroatoms. The predicted octanol–water partition coefficient (Wildman–Crippen LogP) is 2.50. The number of nitrogens with one attached hydrogen (secondary N) is 1. The Balaban J connectivity index is 2.29. The first-order valence-electron chi connectivity index (χ1n) is 5.39. The lowest BCUT2D eigenvalue weighted by Crippen LogP contribution is -2.17. The third-order valence-electron chi connectivity index (χ3n) is 2.95. The minimum Gasteiger partial charge on any atom is -0.385 e. The molecule has 0 fully saturated rings. The average molecular weight is 190 g/mol. The number of nitrogens with zero attached hydrogens (tertiary/aromatic N) is 1. The highest BCUT2D eigenvalue weighted by molar-refractivity contribution is 5.63. The summed E-state index contributed by atoms with van der Waals surface area (Å²) >= 11 is 0. The lowest BCUT2D eigenvalue weighted by molar-refractivity contribution is 0.829. The van der Waals surface area contributed by atoms with E-state index in [1.165, 1.54) is 29.8 Å². The van der Waals surface area contributed by atoms with Crippen LogP contribution in [0.5, 0.6) is 0 Å². The van der Waals surface area contributed by atoms with Gasteiger partial charge < -0.3 is 10.2 Å². The molecule has 1 aromatic rings. The van der Waals surface area contributed by atoms with Gasteiger partial charge in [0.25, 0.3) is 0 Å². The smallest absolute Gasteiger partial charge is 0.0393 e. The largest absolute Gasteiger partial charge is 0.385 e. The summed E-state index contributed by atoms with van der Waals surface area (Å²) in [5.74, 6) is 0. The Morgan fingerprint density at radius 2 is 2.29 bits per heavy atom. The van der Waals surface area contributed by atoms with Crippen molar-refractivity contribution in [3.63, 3.8) is 0 Å².